The number of imidazole rings is 1. The molecule has 0 aliphatic carbocycles. The van der Waals surface area contributed by atoms with E-state index < -0.39 is 41.2 Å². The van der Waals surface area contributed by atoms with Crippen molar-refractivity contribution in [2.75, 3.05) is 24.2 Å². The smallest absolute Gasteiger partial charge is 0.238 e. The Morgan fingerprint density at radius 1 is 1.16 bits per heavy atom. The normalized spacial score (nSPS) is 23.6. The van der Waals surface area contributed by atoms with Crippen molar-refractivity contribution in [3.05, 3.63) is 36.2 Å². The van der Waals surface area contributed by atoms with Gasteiger partial charge in [0, 0.05) is 6.54 Å². The van der Waals surface area contributed by atoms with Gasteiger partial charge in [0.1, 0.15) is 24.6 Å². The van der Waals surface area contributed by atoms with Gasteiger partial charge in [0.25, 0.3) is 0 Å². The Bertz CT molecular complexity index is 1220. The second-order valence-electron chi connectivity index (χ2n) is 7.33. The van der Waals surface area contributed by atoms with Crippen molar-refractivity contribution in [1.82, 2.24) is 19.5 Å². The molecule has 2 aromatic heterocycles. The van der Waals surface area contributed by atoms with E-state index in [0.717, 1.165) is 5.56 Å². The molecule has 3 heterocycles. The first kappa shape index (κ1) is 22.3. The Morgan fingerprint density at radius 3 is 2.50 bits per heavy atom. The number of nitrogens with two attached hydrogens (primary N) is 2. The second-order valence-corrected chi connectivity index (χ2v) is 8.89. The number of benzene rings is 1. The molecule has 4 rings (SSSR count). The lowest BCUT2D eigenvalue weighted by Crippen LogP contribution is -2.33. The molecule has 0 saturated carbocycles. The lowest BCUT2D eigenvalue weighted by molar-refractivity contribution is -0.0501. The van der Waals surface area contributed by atoms with Gasteiger partial charge in [-0.15, -0.1) is 0 Å². The average molecular weight is 465 g/mol. The maximum absolute atomic E-state index is 11.4. The van der Waals surface area contributed by atoms with Crippen LogP contribution in [0.5, 0.6) is 0 Å². The molecule has 0 radical (unpaired) electrons. The van der Waals surface area contributed by atoms with Gasteiger partial charge in [-0.05, 0) is 24.1 Å². The fourth-order valence-electron chi connectivity index (χ4n) is 3.55. The summed E-state index contributed by atoms with van der Waals surface area (Å²) in [4.78, 5) is 12.5. The van der Waals surface area contributed by atoms with E-state index in [0.29, 0.717) is 13.0 Å². The minimum atomic E-state index is -3.76. The Morgan fingerprint density at radius 2 is 1.88 bits per heavy atom. The molecule has 1 aliphatic rings. The largest absolute Gasteiger partial charge is 0.394 e. The van der Waals surface area contributed by atoms with Crippen molar-refractivity contribution in [3.8, 4) is 0 Å². The van der Waals surface area contributed by atoms with Gasteiger partial charge in [0.05, 0.1) is 11.5 Å². The third-order valence-corrected chi connectivity index (χ3v) is 6.15. The first-order valence-electron chi connectivity index (χ1n) is 9.67. The van der Waals surface area contributed by atoms with Crippen LogP contribution in [0.2, 0.25) is 0 Å². The zero-order valence-corrected chi connectivity index (χ0v) is 17.6. The highest BCUT2D eigenvalue weighted by Crippen LogP contribution is 2.35. The minimum Gasteiger partial charge on any atom is -0.394 e. The molecule has 13 nitrogen and oxygen atoms in total. The molecule has 0 unspecified atom stereocenters. The number of aliphatic hydroxyl groups excluding tert-OH is 3. The van der Waals surface area contributed by atoms with Crippen LogP contribution in [-0.2, 0) is 21.2 Å². The van der Waals surface area contributed by atoms with Crippen molar-refractivity contribution >= 4 is 33.0 Å². The zero-order valence-electron chi connectivity index (χ0n) is 16.7. The summed E-state index contributed by atoms with van der Waals surface area (Å²) in [6.07, 6.45) is -2.94. The maximum Gasteiger partial charge on any atom is 0.238 e. The molecule has 0 spiro atoms. The highest BCUT2D eigenvalue weighted by Gasteiger charge is 2.45. The highest BCUT2D eigenvalue weighted by molar-refractivity contribution is 7.89. The predicted octanol–water partition coefficient (Wildman–Crippen LogP) is -1.68. The fraction of sp³-hybridized carbons (Fsp3) is 0.389. The lowest BCUT2D eigenvalue weighted by atomic mass is 10.1. The maximum atomic E-state index is 11.4. The molecule has 8 N–H and O–H groups in total. The highest BCUT2D eigenvalue weighted by atomic mass is 32.2. The van der Waals surface area contributed by atoms with Crippen LogP contribution >= 0.6 is 0 Å². The monoisotopic (exact) mass is 465 g/mol. The van der Waals surface area contributed by atoms with Crippen LogP contribution < -0.4 is 16.2 Å². The lowest BCUT2D eigenvalue weighted by Gasteiger charge is -2.19. The van der Waals surface area contributed by atoms with E-state index in [4.69, 9.17) is 15.6 Å². The Kier molecular flexibility index (Phi) is 5.98. The van der Waals surface area contributed by atoms with Crippen molar-refractivity contribution < 1.29 is 28.5 Å². The molecule has 172 valence electrons. The number of aromatic nitrogens is 4. The summed E-state index contributed by atoms with van der Waals surface area (Å²) in [5.74, 6) is 0.394. The van der Waals surface area contributed by atoms with Gasteiger partial charge in [0.15, 0.2) is 23.2 Å². The topological polar surface area (TPSA) is 212 Å². The van der Waals surface area contributed by atoms with Crippen LogP contribution in [0, 0.1) is 0 Å². The van der Waals surface area contributed by atoms with Crippen molar-refractivity contribution in [1.29, 1.82) is 0 Å². The number of aliphatic hydroxyl groups is 3. The fourth-order valence-corrected chi connectivity index (χ4v) is 4.07. The number of nitrogen functional groups attached to an aromatic ring is 1. The number of primary sulfonamides is 1. The minimum absolute atomic E-state index is 0.0226. The first-order valence-corrected chi connectivity index (χ1v) is 11.2. The van der Waals surface area contributed by atoms with Gasteiger partial charge in [-0.1, -0.05) is 12.1 Å². The number of fused-ring (bicyclic) bond motifs is 1. The standard InChI is InChI=1S/C18H23N7O6S/c19-15-12-16(23-8-22-15)25(17-14(28)13(27)11(7-26)31-17)18(24-12)21-6-5-9-1-3-10(4-2-9)32(20,29)30/h1-4,8,11,13-14,17,26-28H,5-7H2,(H,21,24)(H2,19,22,23)(H2,20,29,30)/t11-,13-,14-,17-/m1/s1. The number of nitrogens with one attached hydrogen (secondary N) is 1. The van der Waals surface area contributed by atoms with Crippen LogP contribution in [0.4, 0.5) is 11.8 Å². The summed E-state index contributed by atoms with van der Waals surface area (Å²) in [5, 5.41) is 38.3. The van der Waals surface area contributed by atoms with Gasteiger partial charge in [0.2, 0.25) is 16.0 Å². The molecular formula is C18H23N7O6S. The van der Waals surface area contributed by atoms with E-state index in [9.17, 15) is 23.7 Å². The van der Waals surface area contributed by atoms with Crippen molar-refractivity contribution in [3.63, 3.8) is 0 Å². The third kappa shape index (κ3) is 4.11. The molecule has 14 heteroatoms. The summed E-state index contributed by atoms with van der Waals surface area (Å²) in [5.41, 5.74) is 7.33. The van der Waals surface area contributed by atoms with Gasteiger partial charge in [-0.3, -0.25) is 4.57 Å². The SMILES string of the molecule is Nc1ncnc2c1nc(NCCc1ccc(S(N)(=O)=O)cc1)n2[C@@H]1O[C@H](CO)[C@@H](O)[C@H]1O. The molecule has 3 aromatic rings. The molecule has 0 bridgehead atoms. The van der Waals surface area contributed by atoms with Gasteiger partial charge in [-0.2, -0.15) is 0 Å². The van der Waals surface area contributed by atoms with Crippen LogP contribution in [-0.4, -0.2) is 74.7 Å². The molecule has 0 amide bonds. The Hall–Kier alpha value is -2.88. The molecule has 1 fully saturated rings. The van der Waals surface area contributed by atoms with Gasteiger partial charge >= 0.3 is 0 Å². The molecule has 1 saturated heterocycles. The van der Waals surface area contributed by atoms with E-state index in [2.05, 4.69) is 20.3 Å². The Balaban J connectivity index is 1.59. The number of rotatable bonds is 7. The van der Waals surface area contributed by atoms with Crippen LogP contribution in [0.1, 0.15) is 11.8 Å². The quantitative estimate of drug-likeness (QED) is 0.232. The summed E-state index contributed by atoms with van der Waals surface area (Å²) in [7, 11) is -3.76. The number of nitrogens with zero attached hydrogens (tertiary/aromatic N) is 4. The molecule has 1 aromatic carbocycles. The summed E-state index contributed by atoms with van der Waals surface area (Å²) >= 11 is 0. The number of ether oxygens (including phenoxy) is 1. The summed E-state index contributed by atoms with van der Waals surface area (Å²) in [6, 6.07) is 6.16. The van der Waals surface area contributed by atoms with E-state index in [1.54, 1.807) is 12.1 Å². The molecule has 1 aliphatic heterocycles. The van der Waals surface area contributed by atoms with E-state index in [1.165, 1.54) is 23.0 Å². The second kappa shape index (κ2) is 8.57. The molecule has 32 heavy (non-hydrogen) atoms. The number of hydrogen-bond acceptors (Lipinski definition) is 11. The van der Waals surface area contributed by atoms with Crippen LogP contribution in [0.15, 0.2) is 35.5 Å². The van der Waals surface area contributed by atoms with Crippen LogP contribution in [0.25, 0.3) is 11.2 Å². The number of sulfonamides is 1. The van der Waals surface area contributed by atoms with E-state index >= 15 is 0 Å². The average Bonchev–Trinajstić information content (AvgIpc) is 3.26. The summed E-state index contributed by atoms with van der Waals surface area (Å²) in [6.45, 7) is -0.101. The van der Waals surface area contributed by atoms with E-state index in [1.807, 2.05) is 0 Å². The van der Waals surface area contributed by atoms with E-state index in [-0.39, 0.29) is 27.8 Å². The zero-order chi connectivity index (χ0) is 23.0. The predicted molar refractivity (Wildman–Crippen MR) is 113 cm³/mol. The van der Waals surface area contributed by atoms with Gasteiger partial charge in [-0.25, -0.2) is 28.5 Å². The summed E-state index contributed by atoms with van der Waals surface area (Å²) < 4.78 is 29.9. The van der Waals surface area contributed by atoms with Crippen molar-refractivity contribution in [2.24, 2.45) is 5.14 Å². The Labute approximate surface area is 182 Å². The molecular weight excluding hydrogens is 442 g/mol. The molecule has 4 atom stereocenters. The van der Waals surface area contributed by atoms with Crippen LogP contribution in [0.3, 0.4) is 0 Å². The number of hydrogen-bond donors (Lipinski definition) is 6. The van der Waals surface area contributed by atoms with Crippen molar-refractivity contribution in [2.45, 2.75) is 35.9 Å². The third-order valence-electron chi connectivity index (χ3n) is 5.23. The first-order chi connectivity index (χ1) is 15.2. The van der Waals surface area contributed by atoms with Gasteiger partial charge < -0.3 is 31.1 Å². The number of anilines is 2.